The minimum atomic E-state index is -0.910. The molecular formula is C23H27NO4. The van der Waals surface area contributed by atoms with E-state index < -0.39 is 12.1 Å². The number of nitrogens with one attached hydrogen (secondary N) is 1. The third kappa shape index (κ3) is 5.98. The van der Waals surface area contributed by atoms with Gasteiger partial charge < -0.3 is 14.8 Å². The molecule has 0 aliphatic heterocycles. The standard InChI is InChI=1S/C23H27NO4/c1-5-16(2)20-11-6-7-12-21(20)24-23(26)17(3)28-22(25)14-13-18-9-8-10-19(15-18)27-4/h6-17H,5H2,1-4H3,(H,24,26)/b14-13+/t16-,17-/m0/s1. The molecule has 0 aliphatic carbocycles. The first-order valence-corrected chi connectivity index (χ1v) is 9.37. The van der Waals surface area contributed by atoms with Crippen LogP contribution in [0.4, 0.5) is 5.69 Å². The second-order valence-electron chi connectivity index (χ2n) is 6.57. The number of rotatable bonds is 8. The van der Waals surface area contributed by atoms with Crippen LogP contribution in [-0.2, 0) is 14.3 Å². The van der Waals surface area contributed by atoms with E-state index in [2.05, 4.69) is 19.2 Å². The van der Waals surface area contributed by atoms with Crippen LogP contribution in [0.15, 0.2) is 54.6 Å². The molecule has 0 bridgehead atoms. The summed E-state index contributed by atoms with van der Waals surface area (Å²) in [5, 5.41) is 2.86. The van der Waals surface area contributed by atoms with Crippen LogP contribution in [0, 0.1) is 0 Å². The maximum absolute atomic E-state index is 12.4. The minimum absolute atomic E-state index is 0.320. The van der Waals surface area contributed by atoms with Crippen molar-refractivity contribution in [2.45, 2.75) is 39.2 Å². The Bertz CT molecular complexity index is 844. The number of anilines is 1. The van der Waals surface area contributed by atoms with E-state index in [9.17, 15) is 9.59 Å². The van der Waals surface area contributed by atoms with Crippen LogP contribution in [0.25, 0.3) is 6.08 Å². The van der Waals surface area contributed by atoms with Crippen molar-refractivity contribution in [1.82, 2.24) is 0 Å². The van der Waals surface area contributed by atoms with Gasteiger partial charge in [-0.05, 0) is 54.7 Å². The van der Waals surface area contributed by atoms with Crippen molar-refractivity contribution < 1.29 is 19.1 Å². The predicted molar refractivity (Wildman–Crippen MR) is 111 cm³/mol. The Kier molecular flexibility index (Phi) is 7.81. The lowest BCUT2D eigenvalue weighted by atomic mass is 9.97. The van der Waals surface area contributed by atoms with Crippen LogP contribution in [-0.4, -0.2) is 25.1 Å². The van der Waals surface area contributed by atoms with Gasteiger partial charge in [0.15, 0.2) is 6.10 Å². The van der Waals surface area contributed by atoms with Crippen LogP contribution in [0.2, 0.25) is 0 Å². The number of carbonyl (C=O) groups is 2. The predicted octanol–water partition coefficient (Wildman–Crippen LogP) is 4.79. The van der Waals surface area contributed by atoms with Gasteiger partial charge >= 0.3 is 5.97 Å². The van der Waals surface area contributed by atoms with Crippen molar-refractivity contribution in [1.29, 1.82) is 0 Å². The van der Waals surface area contributed by atoms with E-state index in [0.29, 0.717) is 11.7 Å². The molecule has 148 valence electrons. The average Bonchev–Trinajstić information content (AvgIpc) is 2.72. The lowest BCUT2D eigenvalue weighted by molar-refractivity contribution is -0.148. The van der Waals surface area contributed by atoms with Crippen molar-refractivity contribution in [2.75, 3.05) is 12.4 Å². The summed E-state index contributed by atoms with van der Waals surface area (Å²) in [5.74, 6) is 0.0722. The highest BCUT2D eigenvalue weighted by Crippen LogP contribution is 2.26. The monoisotopic (exact) mass is 381 g/mol. The van der Waals surface area contributed by atoms with E-state index in [1.165, 1.54) is 6.08 Å². The summed E-state index contributed by atoms with van der Waals surface area (Å²) in [7, 11) is 1.58. The summed E-state index contributed by atoms with van der Waals surface area (Å²) < 4.78 is 10.4. The Morgan fingerprint density at radius 3 is 2.57 bits per heavy atom. The highest BCUT2D eigenvalue weighted by molar-refractivity contribution is 5.97. The fourth-order valence-electron chi connectivity index (χ4n) is 2.67. The fourth-order valence-corrected chi connectivity index (χ4v) is 2.67. The summed E-state index contributed by atoms with van der Waals surface area (Å²) in [5.41, 5.74) is 2.61. The molecule has 0 unspecified atom stereocenters. The van der Waals surface area contributed by atoms with Crippen LogP contribution >= 0.6 is 0 Å². The molecule has 2 aromatic carbocycles. The van der Waals surface area contributed by atoms with Crippen LogP contribution in [0.1, 0.15) is 44.2 Å². The average molecular weight is 381 g/mol. The first-order valence-electron chi connectivity index (χ1n) is 9.37. The molecule has 1 amide bonds. The first kappa shape index (κ1) is 21.2. The Balaban J connectivity index is 1.97. The van der Waals surface area contributed by atoms with Gasteiger partial charge in [0.1, 0.15) is 5.75 Å². The van der Waals surface area contributed by atoms with E-state index in [0.717, 1.165) is 23.2 Å². The minimum Gasteiger partial charge on any atom is -0.497 e. The maximum Gasteiger partial charge on any atom is 0.331 e. The van der Waals surface area contributed by atoms with E-state index in [4.69, 9.17) is 9.47 Å². The molecule has 0 radical (unpaired) electrons. The molecule has 2 rings (SSSR count). The van der Waals surface area contributed by atoms with E-state index in [1.54, 1.807) is 26.2 Å². The topological polar surface area (TPSA) is 64.6 Å². The van der Waals surface area contributed by atoms with Gasteiger partial charge in [-0.2, -0.15) is 0 Å². The maximum atomic E-state index is 12.4. The Morgan fingerprint density at radius 1 is 1.11 bits per heavy atom. The number of carbonyl (C=O) groups excluding carboxylic acids is 2. The number of amides is 1. The third-order valence-corrected chi connectivity index (χ3v) is 4.53. The number of ether oxygens (including phenoxy) is 2. The molecule has 1 N–H and O–H groups in total. The Hall–Kier alpha value is -3.08. The van der Waals surface area contributed by atoms with Gasteiger partial charge in [0.2, 0.25) is 0 Å². The normalized spacial score (nSPS) is 13.0. The van der Waals surface area contributed by atoms with Gasteiger partial charge in [0.05, 0.1) is 7.11 Å². The molecule has 0 aromatic heterocycles. The lowest BCUT2D eigenvalue weighted by Gasteiger charge is -2.17. The Labute approximate surface area is 166 Å². The SMILES string of the molecule is CC[C@H](C)c1ccccc1NC(=O)[C@H](C)OC(=O)/C=C/c1cccc(OC)c1. The summed E-state index contributed by atoms with van der Waals surface area (Å²) in [6.45, 7) is 5.76. The zero-order valence-electron chi connectivity index (χ0n) is 16.8. The summed E-state index contributed by atoms with van der Waals surface area (Å²) in [4.78, 5) is 24.5. The molecule has 2 atom stereocenters. The quantitative estimate of drug-likeness (QED) is 0.527. The first-order chi connectivity index (χ1) is 13.4. The van der Waals surface area contributed by atoms with Crippen molar-refractivity contribution in [3.8, 4) is 5.75 Å². The summed E-state index contributed by atoms with van der Waals surface area (Å²) >= 11 is 0. The fraction of sp³-hybridized carbons (Fsp3) is 0.304. The van der Waals surface area contributed by atoms with Crippen molar-refractivity contribution >= 4 is 23.6 Å². The molecular weight excluding hydrogens is 354 g/mol. The molecule has 5 heteroatoms. The molecule has 0 heterocycles. The molecule has 0 spiro atoms. The van der Waals surface area contributed by atoms with Crippen LogP contribution in [0.5, 0.6) is 5.75 Å². The number of hydrogen-bond donors (Lipinski definition) is 1. The molecule has 0 fully saturated rings. The Morgan fingerprint density at radius 2 is 1.86 bits per heavy atom. The molecule has 2 aromatic rings. The highest BCUT2D eigenvalue weighted by Gasteiger charge is 2.18. The highest BCUT2D eigenvalue weighted by atomic mass is 16.5. The van der Waals surface area contributed by atoms with Gasteiger partial charge in [-0.1, -0.05) is 44.2 Å². The number of para-hydroxylation sites is 1. The number of benzene rings is 2. The van der Waals surface area contributed by atoms with Crippen molar-refractivity contribution in [3.63, 3.8) is 0 Å². The van der Waals surface area contributed by atoms with E-state index in [1.807, 2.05) is 42.5 Å². The largest absolute Gasteiger partial charge is 0.497 e. The smallest absolute Gasteiger partial charge is 0.331 e. The molecule has 28 heavy (non-hydrogen) atoms. The summed E-state index contributed by atoms with van der Waals surface area (Å²) in [6.07, 6.45) is 2.97. The third-order valence-electron chi connectivity index (χ3n) is 4.53. The number of methoxy groups -OCH3 is 1. The van der Waals surface area contributed by atoms with Crippen LogP contribution < -0.4 is 10.1 Å². The molecule has 0 saturated carbocycles. The zero-order chi connectivity index (χ0) is 20.5. The number of esters is 1. The summed E-state index contributed by atoms with van der Waals surface area (Å²) in [6, 6.07) is 15.0. The van der Waals surface area contributed by atoms with Gasteiger partial charge in [0.25, 0.3) is 5.91 Å². The van der Waals surface area contributed by atoms with E-state index in [-0.39, 0.29) is 5.91 Å². The van der Waals surface area contributed by atoms with E-state index >= 15 is 0 Å². The van der Waals surface area contributed by atoms with Gasteiger partial charge in [0, 0.05) is 11.8 Å². The molecule has 5 nitrogen and oxygen atoms in total. The van der Waals surface area contributed by atoms with Crippen LogP contribution in [0.3, 0.4) is 0 Å². The molecule has 0 saturated heterocycles. The number of hydrogen-bond acceptors (Lipinski definition) is 4. The zero-order valence-corrected chi connectivity index (χ0v) is 16.8. The second-order valence-corrected chi connectivity index (χ2v) is 6.57. The van der Waals surface area contributed by atoms with Crippen molar-refractivity contribution in [2.24, 2.45) is 0 Å². The van der Waals surface area contributed by atoms with Gasteiger partial charge in [-0.15, -0.1) is 0 Å². The second kappa shape index (κ2) is 10.3. The van der Waals surface area contributed by atoms with Crippen molar-refractivity contribution in [3.05, 3.63) is 65.7 Å². The van der Waals surface area contributed by atoms with Gasteiger partial charge in [-0.25, -0.2) is 4.79 Å². The van der Waals surface area contributed by atoms with Gasteiger partial charge in [-0.3, -0.25) is 4.79 Å². The lowest BCUT2D eigenvalue weighted by Crippen LogP contribution is -2.29. The molecule has 0 aliphatic rings.